The lowest BCUT2D eigenvalue weighted by Gasteiger charge is -2.18. The topological polar surface area (TPSA) is 12.0 Å². The quantitative estimate of drug-likeness (QED) is 0.809. The molecule has 0 aliphatic rings. The van der Waals surface area contributed by atoms with Gasteiger partial charge in [-0.2, -0.15) is 0 Å². The van der Waals surface area contributed by atoms with Gasteiger partial charge >= 0.3 is 0 Å². The van der Waals surface area contributed by atoms with E-state index in [1.807, 2.05) is 0 Å². The van der Waals surface area contributed by atoms with E-state index in [2.05, 4.69) is 83.6 Å². The maximum atomic E-state index is 3.49. The van der Waals surface area contributed by atoms with Gasteiger partial charge in [0.2, 0.25) is 0 Å². The fraction of sp³-hybridized carbons (Fsp3) is 0.333. The molecule has 1 N–H and O–H groups in total. The van der Waals surface area contributed by atoms with Gasteiger partial charge in [0.15, 0.2) is 0 Å². The molecule has 2 rings (SSSR count). The molecule has 0 bridgehead atoms. The van der Waals surface area contributed by atoms with Gasteiger partial charge in [-0.05, 0) is 43.1 Å². The van der Waals surface area contributed by atoms with Gasteiger partial charge < -0.3 is 5.32 Å². The van der Waals surface area contributed by atoms with E-state index in [1.54, 1.807) is 0 Å². The predicted octanol–water partition coefficient (Wildman–Crippen LogP) is 4.69. The van der Waals surface area contributed by atoms with Gasteiger partial charge in [0, 0.05) is 16.9 Å². The molecule has 2 aromatic rings. The normalized spacial score (nSPS) is 12.3. The van der Waals surface area contributed by atoms with Crippen molar-refractivity contribution in [3.05, 3.63) is 69.7 Å². The molecular weight excluding hydrogens is 310 g/mol. The lowest BCUT2D eigenvalue weighted by molar-refractivity contribution is 0.595. The number of benzene rings is 2. The second kappa shape index (κ2) is 7.61. The lowest BCUT2D eigenvalue weighted by atomic mass is 9.91. The third-order valence-electron chi connectivity index (χ3n) is 3.58. The van der Waals surface area contributed by atoms with Gasteiger partial charge in [0.05, 0.1) is 0 Å². The molecule has 0 heterocycles. The average molecular weight is 332 g/mol. The van der Waals surface area contributed by atoms with Crippen LogP contribution in [-0.2, 0) is 6.42 Å². The molecule has 1 unspecified atom stereocenters. The van der Waals surface area contributed by atoms with Crippen LogP contribution in [0.2, 0.25) is 0 Å². The first kappa shape index (κ1) is 15.3. The smallest absolute Gasteiger partial charge is 0.0175 e. The average Bonchev–Trinajstić information content (AvgIpc) is 2.46. The summed E-state index contributed by atoms with van der Waals surface area (Å²) < 4.78 is 1.14. The molecule has 0 aliphatic heterocycles. The molecule has 0 radical (unpaired) electrons. The van der Waals surface area contributed by atoms with Gasteiger partial charge in [-0.25, -0.2) is 0 Å². The Morgan fingerprint density at radius 2 is 1.65 bits per heavy atom. The fourth-order valence-electron chi connectivity index (χ4n) is 2.37. The van der Waals surface area contributed by atoms with Crippen molar-refractivity contribution in [2.45, 2.75) is 26.2 Å². The van der Waals surface area contributed by atoms with Crippen LogP contribution in [0.25, 0.3) is 0 Å². The number of nitrogens with one attached hydrogen (secondary N) is 1. The molecule has 0 saturated carbocycles. The van der Waals surface area contributed by atoms with Crippen LogP contribution in [0.15, 0.2) is 53.0 Å². The minimum absolute atomic E-state index is 0.525. The molecule has 1 atom stereocenters. The van der Waals surface area contributed by atoms with E-state index in [0.717, 1.165) is 24.0 Å². The molecule has 2 aromatic carbocycles. The highest BCUT2D eigenvalue weighted by atomic mass is 79.9. The SMILES string of the molecule is CCNCC(Cc1ccc(Br)cc1)c1ccc(C)cc1. The molecule has 1 nitrogen and oxygen atoms in total. The minimum Gasteiger partial charge on any atom is -0.316 e. The highest BCUT2D eigenvalue weighted by Crippen LogP contribution is 2.22. The molecule has 0 aromatic heterocycles. The van der Waals surface area contributed by atoms with Crippen LogP contribution in [0.4, 0.5) is 0 Å². The zero-order valence-corrected chi connectivity index (χ0v) is 13.8. The Kier molecular flexibility index (Phi) is 5.81. The maximum absolute atomic E-state index is 3.49. The van der Waals surface area contributed by atoms with Crippen LogP contribution in [0.3, 0.4) is 0 Å². The Bertz CT molecular complexity index is 516. The van der Waals surface area contributed by atoms with E-state index < -0.39 is 0 Å². The summed E-state index contributed by atoms with van der Waals surface area (Å²) in [5.41, 5.74) is 4.12. The summed E-state index contributed by atoms with van der Waals surface area (Å²) >= 11 is 3.49. The maximum Gasteiger partial charge on any atom is 0.0175 e. The molecule has 0 amide bonds. The first-order valence-electron chi connectivity index (χ1n) is 7.20. The number of likely N-dealkylation sites (N-methyl/N-ethyl adjacent to an activating group) is 1. The summed E-state index contributed by atoms with van der Waals surface area (Å²) in [6.45, 7) is 6.34. The Balaban J connectivity index is 2.14. The second-order valence-corrected chi connectivity index (χ2v) is 6.16. The highest BCUT2D eigenvalue weighted by molar-refractivity contribution is 9.10. The van der Waals surface area contributed by atoms with Crippen LogP contribution in [0.5, 0.6) is 0 Å². The summed E-state index contributed by atoms with van der Waals surface area (Å²) in [4.78, 5) is 0. The summed E-state index contributed by atoms with van der Waals surface area (Å²) in [5.74, 6) is 0.525. The van der Waals surface area contributed by atoms with E-state index in [0.29, 0.717) is 5.92 Å². The summed E-state index contributed by atoms with van der Waals surface area (Å²) in [6, 6.07) is 17.6. The number of hydrogen-bond donors (Lipinski definition) is 1. The van der Waals surface area contributed by atoms with Gasteiger partial charge in [-0.3, -0.25) is 0 Å². The van der Waals surface area contributed by atoms with E-state index in [4.69, 9.17) is 0 Å². The monoisotopic (exact) mass is 331 g/mol. The van der Waals surface area contributed by atoms with Crippen molar-refractivity contribution >= 4 is 15.9 Å². The van der Waals surface area contributed by atoms with Gasteiger partial charge in [0.25, 0.3) is 0 Å². The zero-order chi connectivity index (χ0) is 14.4. The number of hydrogen-bond acceptors (Lipinski definition) is 1. The first-order chi connectivity index (χ1) is 9.69. The summed E-state index contributed by atoms with van der Waals surface area (Å²) in [6.07, 6.45) is 1.07. The van der Waals surface area contributed by atoms with Crippen LogP contribution >= 0.6 is 15.9 Å². The number of aryl methyl sites for hydroxylation is 1. The molecule has 2 heteroatoms. The third kappa shape index (κ3) is 4.46. The number of halogens is 1. The van der Waals surface area contributed by atoms with Crippen LogP contribution in [-0.4, -0.2) is 13.1 Å². The summed E-state index contributed by atoms with van der Waals surface area (Å²) in [7, 11) is 0. The van der Waals surface area contributed by atoms with E-state index in [9.17, 15) is 0 Å². The third-order valence-corrected chi connectivity index (χ3v) is 4.11. The minimum atomic E-state index is 0.525. The second-order valence-electron chi connectivity index (χ2n) is 5.25. The Hall–Kier alpha value is -1.12. The van der Waals surface area contributed by atoms with E-state index in [-0.39, 0.29) is 0 Å². The van der Waals surface area contributed by atoms with Crippen LogP contribution in [0.1, 0.15) is 29.5 Å². The lowest BCUT2D eigenvalue weighted by Crippen LogP contribution is -2.22. The Labute approximate surface area is 130 Å². The molecule has 106 valence electrons. The van der Waals surface area contributed by atoms with Crippen molar-refractivity contribution in [3.63, 3.8) is 0 Å². The Morgan fingerprint density at radius 1 is 1.00 bits per heavy atom. The van der Waals surface area contributed by atoms with E-state index >= 15 is 0 Å². The largest absolute Gasteiger partial charge is 0.316 e. The molecule has 0 saturated heterocycles. The fourth-order valence-corrected chi connectivity index (χ4v) is 2.63. The number of rotatable bonds is 6. The van der Waals surface area contributed by atoms with Crippen molar-refractivity contribution in [3.8, 4) is 0 Å². The van der Waals surface area contributed by atoms with Gasteiger partial charge in [-0.15, -0.1) is 0 Å². The molecule has 0 aliphatic carbocycles. The Morgan fingerprint density at radius 3 is 2.25 bits per heavy atom. The van der Waals surface area contributed by atoms with Crippen LogP contribution in [0, 0.1) is 6.92 Å². The first-order valence-corrected chi connectivity index (χ1v) is 8.00. The molecule has 20 heavy (non-hydrogen) atoms. The van der Waals surface area contributed by atoms with Gasteiger partial charge in [0.1, 0.15) is 0 Å². The van der Waals surface area contributed by atoms with Crippen LogP contribution < -0.4 is 5.32 Å². The molecular formula is C18H22BrN. The van der Waals surface area contributed by atoms with Crippen molar-refractivity contribution in [1.29, 1.82) is 0 Å². The highest BCUT2D eigenvalue weighted by Gasteiger charge is 2.12. The van der Waals surface area contributed by atoms with Crippen molar-refractivity contribution < 1.29 is 0 Å². The van der Waals surface area contributed by atoms with Gasteiger partial charge in [-0.1, -0.05) is 64.8 Å². The summed E-state index contributed by atoms with van der Waals surface area (Å²) in [5, 5.41) is 3.48. The zero-order valence-electron chi connectivity index (χ0n) is 12.2. The predicted molar refractivity (Wildman–Crippen MR) is 90.3 cm³/mol. The van der Waals surface area contributed by atoms with Crippen molar-refractivity contribution in [1.82, 2.24) is 5.32 Å². The van der Waals surface area contributed by atoms with Crippen molar-refractivity contribution in [2.24, 2.45) is 0 Å². The van der Waals surface area contributed by atoms with E-state index in [1.165, 1.54) is 16.7 Å². The molecule has 0 spiro atoms. The van der Waals surface area contributed by atoms with Crippen molar-refractivity contribution in [2.75, 3.05) is 13.1 Å². The standard InChI is InChI=1S/C18H22BrN/c1-3-20-13-17(16-8-4-14(2)5-9-16)12-15-6-10-18(19)11-7-15/h4-11,17,20H,3,12-13H2,1-2H3. The molecule has 0 fully saturated rings.